The second kappa shape index (κ2) is 13.4. The van der Waals surface area contributed by atoms with E-state index in [9.17, 15) is 22.0 Å². The van der Waals surface area contributed by atoms with Crippen LogP contribution in [0, 0.1) is 0 Å². The molecular formula is C17H32F2O5S. The highest BCUT2D eigenvalue weighted by Crippen LogP contribution is 2.22. The fourth-order valence-electron chi connectivity index (χ4n) is 2.47. The van der Waals surface area contributed by atoms with Gasteiger partial charge in [0.1, 0.15) is 0 Å². The summed E-state index contributed by atoms with van der Waals surface area (Å²) in [6, 6.07) is 0. The second-order valence-electron chi connectivity index (χ2n) is 6.37. The van der Waals surface area contributed by atoms with Crippen LogP contribution in [0.15, 0.2) is 0 Å². The normalized spacial score (nSPS) is 12.3. The summed E-state index contributed by atoms with van der Waals surface area (Å²) in [6.45, 7) is 1.93. The molecule has 0 spiro atoms. The van der Waals surface area contributed by atoms with Crippen LogP contribution in [-0.4, -0.2) is 30.8 Å². The molecule has 5 nitrogen and oxygen atoms in total. The lowest BCUT2D eigenvalue weighted by Crippen LogP contribution is -2.39. The Morgan fingerprint density at radius 3 is 1.56 bits per heavy atom. The van der Waals surface area contributed by atoms with E-state index in [0.717, 1.165) is 25.7 Å². The molecule has 25 heavy (non-hydrogen) atoms. The second-order valence-corrected chi connectivity index (χ2v) is 7.83. The number of hydrogen-bond acceptors (Lipinski definition) is 4. The maximum atomic E-state index is 12.9. The molecular weight excluding hydrogens is 354 g/mol. The number of ether oxygens (including phenoxy) is 1. The highest BCUT2D eigenvalue weighted by Gasteiger charge is 2.54. The molecule has 0 aromatic rings. The van der Waals surface area contributed by atoms with Crippen molar-refractivity contribution in [2.45, 2.75) is 95.6 Å². The molecule has 0 aliphatic rings. The van der Waals surface area contributed by atoms with Gasteiger partial charge in [0.25, 0.3) is 0 Å². The van der Waals surface area contributed by atoms with E-state index in [-0.39, 0.29) is 6.61 Å². The first kappa shape index (κ1) is 24.2. The largest absolute Gasteiger partial charge is 0.465 e. The minimum Gasteiger partial charge on any atom is -0.460 e. The Balaban J connectivity index is 3.44. The number of unbranched alkanes of at least 4 members (excludes halogenated alkanes) is 12. The predicted molar refractivity (Wildman–Crippen MR) is 93.1 cm³/mol. The number of alkyl halides is 2. The number of carbonyl (C=O) groups is 1. The minimum absolute atomic E-state index is 0.276. The minimum atomic E-state index is -5.78. The molecule has 8 heteroatoms. The van der Waals surface area contributed by atoms with Gasteiger partial charge in [-0.1, -0.05) is 84.0 Å². The van der Waals surface area contributed by atoms with Gasteiger partial charge in [-0.25, -0.2) is 4.79 Å². The smallest absolute Gasteiger partial charge is 0.460 e. The summed E-state index contributed by atoms with van der Waals surface area (Å²) < 4.78 is 58.9. The first-order valence-electron chi connectivity index (χ1n) is 9.25. The zero-order valence-corrected chi connectivity index (χ0v) is 16.0. The van der Waals surface area contributed by atoms with Crippen molar-refractivity contribution in [1.82, 2.24) is 0 Å². The van der Waals surface area contributed by atoms with Gasteiger partial charge in [0.15, 0.2) is 0 Å². The SMILES string of the molecule is CCCCCCCCCCCCCCCOC(=O)C(F)(F)S(=O)(=O)O. The lowest BCUT2D eigenvalue weighted by Gasteiger charge is -2.11. The zero-order chi connectivity index (χ0) is 19.2. The van der Waals surface area contributed by atoms with E-state index in [0.29, 0.717) is 6.42 Å². The summed E-state index contributed by atoms with van der Waals surface area (Å²) in [5.41, 5.74) is 0. The Morgan fingerprint density at radius 1 is 0.840 bits per heavy atom. The Kier molecular flexibility index (Phi) is 13.0. The maximum Gasteiger partial charge on any atom is 0.465 e. The number of rotatable bonds is 16. The van der Waals surface area contributed by atoms with Crippen LogP contribution in [0.25, 0.3) is 0 Å². The van der Waals surface area contributed by atoms with Gasteiger partial charge in [-0.3, -0.25) is 4.55 Å². The molecule has 0 aliphatic heterocycles. The van der Waals surface area contributed by atoms with Gasteiger partial charge in [0.05, 0.1) is 6.61 Å². The highest BCUT2D eigenvalue weighted by atomic mass is 32.2. The molecule has 0 aliphatic carbocycles. The third-order valence-electron chi connectivity index (χ3n) is 4.04. The van der Waals surface area contributed by atoms with Crippen LogP contribution < -0.4 is 0 Å². The topological polar surface area (TPSA) is 80.7 Å². The molecule has 0 saturated carbocycles. The van der Waals surface area contributed by atoms with Crippen molar-refractivity contribution in [3.05, 3.63) is 0 Å². The molecule has 0 unspecified atom stereocenters. The molecule has 0 aromatic heterocycles. The number of esters is 1. The average molecular weight is 387 g/mol. The number of carbonyl (C=O) groups excluding carboxylic acids is 1. The molecule has 0 aromatic carbocycles. The third-order valence-corrected chi connectivity index (χ3v) is 4.86. The van der Waals surface area contributed by atoms with Crippen LogP contribution in [0.3, 0.4) is 0 Å². The van der Waals surface area contributed by atoms with Crippen molar-refractivity contribution in [2.24, 2.45) is 0 Å². The molecule has 0 radical (unpaired) electrons. The molecule has 1 N–H and O–H groups in total. The summed E-state index contributed by atoms with van der Waals surface area (Å²) in [5.74, 6) is -2.23. The van der Waals surface area contributed by atoms with Gasteiger partial charge in [-0.05, 0) is 6.42 Å². The molecule has 0 atom stereocenters. The average Bonchev–Trinajstić information content (AvgIpc) is 2.53. The lowest BCUT2D eigenvalue weighted by molar-refractivity contribution is -0.161. The van der Waals surface area contributed by atoms with E-state index in [1.54, 1.807) is 0 Å². The van der Waals surface area contributed by atoms with E-state index in [2.05, 4.69) is 11.7 Å². The summed E-state index contributed by atoms with van der Waals surface area (Å²) in [4.78, 5) is 10.9. The molecule has 0 saturated heterocycles. The van der Waals surface area contributed by atoms with Crippen LogP contribution in [-0.2, 0) is 19.6 Å². The van der Waals surface area contributed by atoms with Crippen molar-refractivity contribution in [3.63, 3.8) is 0 Å². The summed E-state index contributed by atoms with van der Waals surface area (Å²) in [5, 5.41) is -4.90. The Bertz CT molecular complexity index is 452. The van der Waals surface area contributed by atoms with Gasteiger partial charge in [-0.2, -0.15) is 17.2 Å². The predicted octanol–water partition coefficient (Wildman–Crippen LogP) is 5.10. The molecule has 0 amide bonds. The van der Waals surface area contributed by atoms with Crippen molar-refractivity contribution in [3.8, 4) is 0 Å². The Labute approximate surface area is 150 Å². The third kappa shape index (κ3) is 11.5. The molecule has 0 fully saturated rings. The fourth-order valence-corrected chi connectivity index (χ4v) is 2.74. The first-order valence-corrected chi connectivity index (χ1v) is 10.7. The van der Waals surface area contributed by atoms with Crippen molar-refractivity contribution in [1.29, 1.82) is 0 Å². The molecule has 0 rings (SSSR count). The monoisotopic (exact) mass is 386 g/mol. The molecule has 0 bridgehead atoms. The maximum absolute atomic E-state index is 12.9. The summed E-state index contributed by atoms with van der Waals surface area (Å²) >= 11 is 0. The van der Waals surface area contributed by atoms with Crippen LogP contribution in [0.4, 0.5) is 8.78 Å². The zero-order valence-electron chi connectivity index (χ0n) is 15.1. The Hall–Kier alpha value is -0.760. The van der Waals surface area contributed by atoms with Crippen LogP contribution in [0.5, 0.6) is 0 Å². The van der Waals surface area contributed by atoms with Crippen LogP contribution in [0.1, 0.15) is 90.4 Å². The van der Waals surface area contributed by atoms with Crippen molar-refractivity contribution in [2.75, 3.05) is 6.61 Å². The van der Waals surface area contributed by atoms with E-state index in [1.165, 1.54) is 51.4 Å². The Morgan fingerprint density at radius 2 is 1.20 bits per heavy atom. The van der Waals surface area contributed by atoms with Crippen molar-refractivity contribution >= 4 is 16.1 Å². The van der Waals surface area contributed by atoms with Crippen molar-refractivity contribution < 1.29 is 31.3 Å². The van der Waals surface area contributed by atoms with Gasteiger partial charge in [0, 0.05) is 0 Å². The van der Waals surface area contributed by atoms with Crippen LogP contribution in [0.2, 0.25) is 0 Å². The van der Waals surface area contributed by atoms with E-state index >= 15 is 0 Å². The quantitative estimate of drug-likeness (QED) is 0.227. The van der Waals surface area contributed by atoms with Crippen LogP contribution >= 0.6 is 0 Å². The fraction of sp³-hybridized carbons (Fsp3) is 0.941. The number of halogens is 2. The molecule has 150 valence electrons. The number of hydrogen-bond donors (Lipinski definition) is 1. The van der Waals surface area contributed by atoms with Gasteiger partial charge >= 0.3 is 21.3 Å². The van der Waals surface area contributed by atoms with E-state index in [1.807, 2.05) is 0 Å². The summed E-state index contributed by atoms with van der Waals surface area (Å²) in [7, 11) is -5.78. The van der Waals surface area contributed by atoms with E-state index < -0.39 is 21.3 Å². The first-order chi connectivity index (χ1) is 11.7. The molecule has 0 heterocycles. The van der Waals surface area contributed by atoms with Gasteiger partial charge < -0.3 is 4.74 Å². The van der Waals surface area contributed by atoms with Gasteiger partial charge in [0.2, 0.25) is 0 Å². The highest BCUT2D eigenvalue weighted by molar-refractivity contribution is 7.87. The standard InChI is InChI=1S/C17H32F2O5S/c1-2-3-4-5-6-7-8-9-10-11-12-13-14-15-24-16(20)17(18,19)25(21,22)23/h2-15H2,1H3,(H,21,22,23). The summed E-state index contributed by atoms with van der Waals surface area (Å²) in [6.07, 6.45) is 14.5. The van der Waals surface area contributed by atoms with E-state index in [4.69, 9.17) is 4.55 Å². The lowest BCUT2D eigenvalue weighted by atomic mass is 10.0. The van der Waals surface area contributed by atoms with Gasteiger partial charge in [-0.15, -0.1) is 0 Å².